The number of nitrogens with one attached hydrogen (secondary N) is 1. The molecule has 0 aliphatic rings. The quantitative estimate of drug-likeness (QED) is 0.613. The van der Waals surface area contributed by atoms with Gasteiger partial charge in [0.05, 0.1) is 20.1 Å². The second kappa shape index (κ2) is 8.73. The molecule has 1 rings (SSSR count). The molecule has 5 nitrogen and oxygen atoms in total. The van der Waals surface area contributed by atoms with Crippen molar-refractivity contribution >= 4 is 11.9 Å². The minimum atomic E-state index is -0.361. The maximum Gasteiger partial charge on any atom is 0.307 e. The van der Waals surface area contributed by atoms with Gasteiger partial charge in [0, 0.05) is 24.1 Å². The maximum atomic E-state index is 11.8. The maximum absolute atomic E-state index is 11.8. The summed E-state index contributed by atoms with van der Waals surface area (Å²) in [6.07, 6.45) is 0.572. The van der Waals surface area contributed by atoms with Gasteiger partial charge in [-0.1, -0.05) is 11.8 Å². The average molecular weight is 275 g/mol. The predicted molar refractivity (Wildman–Crippen MR) is 74.0 cm³/mol. The van der Waals surface area contributed by atoms with Crippen molar-refractivity contribution in [1.29, 1.82) is 0 Å². The summed E-state index contributed by atoms with van der Waals surface area (Å²) >= 11 is 0. The van der Waals surface area contributed by atoms with Crippen LogP contribution in [0.4, 0.5) is 0 Å². The summed E-state index contributed by atoms with van der Waals surface area (Å²) in [6.45, 7) is 0.275. The molecule has 0 fully saturated rings. The summed E-state index contributed by atoms with van der Waals surface area (Å²) in [6, 6.07) is 6.80. The van der Waals surface area contributed by atoms with Crippen LogP contribution in [-0.4, -0.2) is 37.2 Å². The summed E-state index contributed by atoms with van der Waals surface area (Å²) in [7, 11) is 1.31. The third-order valence-electron chi connectivity index (χ3n) is 2.46. The van der Waals surface area contributed by atoms with E-state index in [1.165, 1.54) is 7.11 Å². The highest BCUT2D eigenvalue weighted by Crippen LogP contribution is 2.03. The third-order valence-corrected chi connectivity index (χ3v) is 2.46. The molecule has 0 saturated heterocycles. The van der Waals surface area contributed by atoms with E-state index in [1.54, 1.807) is 24.3 Å². The standard InChI is InChI=1S/C15H17NO4/c1-20-14(18)9-10-16-15(19)13-7-5-12(6-8-13)4-2-3-11-17/h5-8,17H,3,9-11H2,1H3,(H,16,19). The van der Waals surface area contributed by atoms with Crippen LogP contribution in [0.5, 0.6) is 0 Å². The van der Waals surface area contributed by atoms with Crippen LogP contribution in [0.3, 0.4) is 0 Å². The Hall–Kier alpha value is -2.32. The number of ether oxygens (including phenoxy) is 1. The van der Waals surface area contributed by atoms with Gasteiger partial charge in [0.25, 0.3) is 5.91 Å². The van der Waals surface area contributed by atoms with Gasteiger partial charge >= 0.3 is 5.97 Å². The Balaban J connectivity index is 2.49. The summed E-state index contributed by atoms with van der Waals surface area (Å²) in [4.78, 5) is 22.6. The zero-order chi connectivity index (χ0) is 14.8. The van der Waals surface area contributed by atoms with Crippen LogP contribution in [0.1, 0.15) is 28.8 Å². The van der Waals surface area contributed by atoms with Gasteiger partial charge in [-0.3, -0.25) is 9.59 Å². The molecule has 0 spiro atoms. The van der Waals surface area contributed by atoms with Gasteiger partial charge in [-0.25, -0.2) is 0 Å². The normalized spacial score (nSPS) is 9.30. The highest BCUT2D eigenvalue weighted by atomic mass is 16.5. The van der Waals surface area contributed by atoms with Crippen molar-refractivity contribution in [3.63, 3.8) is 0 Å². The summed E-state index contributed by atoms with van der Waals surface area (Å²) < 4.78 is 4.48. The van der Waals surface area contributed by atoms with Crippen molar-refractivity contribution < 1.29 is 19.4 Å². The van der Waals surface area contributed by atoms with Crippen molar-refractivity contribution in [2.45, 2.75) is 12.8 Å². The monoisotopic (exact) mass is 275 g/mol. The highest BCUT2D eigenvalue weighted by molar-refractivity contribution is 5.94. The van der Waals surface area contributed by atoms with Gasteiger partial charge in [0.15, 0.2) is 0 Å². The third kappa shape index (κ3) is 5.55. The lowest BCUT2D eigenvalue weighted by Crippen LogP contribution is -2.26. The zero-order valence-corrected chi connectivity index (χ0v) is 11.3. The van der Waals surface area contributed by atoms with E-state index in [2.05, 4.69) is 21.9 Å². The van der Waals surface area contributed by atoms with Crippen LogP contribution < -0.4 is 5.32 Å². The number of esters is 1. The van der Waals surface area contributed by atoms with E-state index in [9.17, 15) is 9.59 Å². The zero-order valence-electron chi connectivity index (χ0n) is 11.3. The second-order valence-electron chi connectivity index (χ2n) is 3.93. The van der Waals surface area contributed by atoms with Gasteiger partial charge in [0.2, 0.25) is 0 Å². The molecule has 0 aromatic heterocycles. The fourth-order valence-electron chi connectivity index (χ4n) is 1.41. The molecular formula is C15H17NO4. The molecule has 0 aliphatic carbocycles. The molecule has 0 radical (unpaired) electrons. The fourth-order valence-corrected chi connectivity index (χ4v) is 1.41. The fraction of sp³-hybridized carbons (Fsp3) is 0.333. The summed E-state index contributed by atoms with van der Waals surface area (Å²) in [5.74, 6) is 5.07. The lowest BCUT2D eigenvalue weighted by Gasteiger charge is -2.04. The number of aliphatic hydroxyl groups is 1. The molecule has 0 saturated carbocycles. The number of rotatable bonds is 5. The number of methoxy groups -OCH3 is 1. The number of carbonyl (C=O) groups excluding carboxylic acids is 2. The number of hydrogen-bond donors (Lipinski definition) is 2. The van der Waals surface area contributed by atoms with E-state index in [0.29, 0.717) is 12.0 Å². The van der Waals surface area contributed by atoms with Crippen molar-refractivity contribution in [2.75, 3.05) is 20.3 Å². The average Bonchev–Trinajstić information content (AvgIpc) is 2.48. The number of hydrogen-bond acceptors (Lipinski definition) is 4. The Labute approximate surface area is 117 Å². The summed E-state index contributed by atoms with van der Waals surface area (Å²) in [5, 5.41) is 11.2. The molecule has 1 amide bonds. The number of amides is 1. The Bertz CT molecular complexity index is 511. The van der Waals surface area contributed by atoms with Gasteiger partial charge in [-0.2, -0.15) is 0 Å². The molecule has 106 valence electrons. The van der Waals surface area contributed by atoms with E-state index in [-0.39, 0.29) is 31.4 Å². The Morgan fingerprint density at radius 3 is 2.60 bits per heavy atom. The van der Waals surface area contributed by atoms with Crippen molar-refractivity contribution in [3.8, 4) is 11.8 Å². The molecule has 0 atom stereocenters. The van der Waals surface area contributed by atoms with E-state index in [1.807, 2.05) is 0 Å². The summed E-state index contributed by atoms with van der Waals surface area (Å²) in [5.41, 5.74) is 1.28. The topological polar surface area (TPSA) is 75.6 Å². The van der Waals surface area contributed by atoms with Crippen LogP contribution in [-0.2, 0) is 9.53 Å². The Kier molecular flexibility index (Phi) is 6.87. The lowest BCUT2D eigenvalue weighted by molar-refractivity contribution is -0.140. The molecule has 5 heteroatoms. The minimum Gasteiger partial charge on any atom is -0.469 e. The second-order valence-corrected chi connectivity index (χ2v) is 3.93. The van der Waals surface area contributed by atoms with Crippen LogP contribution >= 0.6 is 0 Å². The SMILES string of the molecule is COC(=O)CCNC(=O)c1ccc(C#CCCO)cc1. The molecule has 1 aromatic carbocycles. The molecule has 1 aromatic rings. The predicted octanol–water partition coefficient (Wildman–Crippen LogP) is 0.713. The highest BCUT2D eigenvalue weighted by Gasteiger charge is 2.06. The first kappa shape index (κ1) is 15.7. The van der Waals surface area contributed by atoms with Crippen LogP contribution in [0, 0.1) is 11.8 Å². The Morgan fingerprint density at radius 2 is 2.00 bits per heavy atom. The Morgan fingerprint density at radius 1 is 1.30 bits per heavy atom. The molecule has 20 heavy (non-hydrogen) atoms. The van der Waals surface area contributed by atoms with Crippen molar-refractivity contribution in [1.82, 2.24) is 5.32 Å². The molecule has 2 N–H and O–H groups in total. The van der Waals surface area contributed by atoms with Crippen molar-refractivity contribution in [2.24, 2.45) is 0 Å². The molecule has 0 unspecified atom stereocenters. The van der Waals surface area contributed by atoms with E-state index in [4.69, 9.17) is 5.11 Å². The smallest absolute Gasteiger partial charge is 0.307 e. The molecule has 0 heterocycles. The van der Waals surface area contributed by atoms with Gasteiger partial charge < -0.3 is 15.2 Å². The number of benzene rings is 1. The number of carbonyl (C=O) groups is 2. The first-order valence-electron chi connectivity index (χ1n) is 6.22. The van der Waals surface area contributed by atoms with Crippen molar-refractivity contribution in [3.05, 3.63) is 35.4 Å². The van der Waals surface area contributed by atoms with E-state index < -0.39 is 0 Å². The first-order valence-corrected chi connectivity index (χ1v) is 6.22. The molecule has 0 bridgehead atoms. The van der Waals surface area contributed by atoms with Crippen LogP contribution in [0.2, 0.25) is 0 Å². The minimum absolute atomic E-state index is 0.0354. The molecule has 0 aliphatic heterocycles. The first-order chi connectivity index (χ1) is 9.67. The molecular weight excluding hydrogens is 258 g/mol. The lowest BCUT2D eigenvalue weighted by atomic mass is 10.1. The largest absolute Gasteiger partial charge is 0.469 e. The van der Waals surface area contributed by atoms with E-state index in [0.717, 1.165) is 5.56 Å². The van der Waals surface area contributed by atoms with Gasteiger partial charge in [-0.05, 0) is 24.3 Å². The van der Waals surface area contributed by atoms with Crippen LogP contribution in [0.25, 0.3) is 0 Å². The number of aliphatic hydroxyl groups excluding tert-OH is 1. The van der Waals surface area contributed by atoms with E-state index >= 15 is 0 Å². The van der Waals surface area contributed by atoms with Crippen LogP contribution in [0.15, 0.2) is 24.3 Å². The van der Waals surface area contributed by atoms with Gasteiger partial charge in [-0.15, -0.1) is 0 Å². The van der Waals surface area contributed by atoms with Gasteiger partial charge in [0.1, 0.15) is 0 Å².